The maximum absolute atomic E-state index is 11.4. The molecule has 0 bridgehead atoms. The lowest BCUT2D eigenvalue weighted by atomic mass is 10.2. The van der Waals surface area contributed by atoms with Gasteiger partial charge in [0.05, 0.1) is 16.6 Å². The van der Waals surface area contributed by atoms with E-state index in [9.17, 15) is 8.42 Å². The van der Waals surface area contributed by atoms with Crippen molar-refractivity contribution >= 4 is 20.7 Å². The second kappa shape index (κ2) is 5.18. The number of nitrogens with zero attached hydrogens (tertiary/aromatic N) is 1. The molecule has 1 radical (unpaired) electrons. The maximum Gasteiger partial charge on any atom is 0.175 e. The van der Waals surface area contributed by atoms with E-state index in [1.165, 1.54) is 18.4 Å². The summed E-state index contributed by atoms with van der Waals surface area (Å²) in [4.78, 5) is 4.39. The van der Waals surface area contributed by atoms with E-state index in [0.29, 0.717) is 11.5 Å². The summed E-state index contributed by atoms with van der Waals surface area (Å²) in [5.74, 6) is 1.25. The summed E-state index contributed by atoms with van der Waals surface area (Å²) >= 11 is 0. The zero-order valence-corrected chi connectivity index (χ0v) is 12.1. The number of benzene rings is 2. The zero-order valence-electron chi connectivity index (χ0n) is 11.3. The van der Waals surface area contributed by atoms with E-state index in [1.807, 2.05) is 24.3 Å². The van der Waals surface area contributed by atoms with Crippen LogP contribution in [-0.2, 0) is 9.84 Å². The minimum absolute atomic E-state index is 0.271. The molecule has 1 aromatic heterocycles. The van der Waals surface area contributed by atoms with Crippen molar-refractivity contribution in [3.63, 3.8) is 0 Å². The Labute approximate surface area is 122 Å². The third-order valence-electron chi connectivity index (χ3n) is 3.01. The molecule has 0 aliphatic heterocycles. The molecule has 4 nitrogen and oxygen atoms in total. The van der Waals surface area contributed by atoms with Crippen LogP contribution in [0.3, 0.4) is 0 Å². The zero-order chi connectivity index (χ0) is 14.9. The molecule has 0 spiro atoms. The second-order valence-electron chi connectivity index (χ2n) is 4.64. The Kier molecular flexibility index (Phi) is 3.35. The smallest absolute Gasteiger partial charge is 0.175 e. The van der Waals surface area contributed by atoms with Crippen LogP contribution in [0.5, 0.6) is 11.5 Å². The number of hydrogen-bond acceptors (Lipinski definition) is 4. The van der Waals surface area contributed by atoms with Gasteiger partial charge in [-0.1, -0.05) is 6.07 Å². The molecule has 5 heteroatoms. The highest BCUT2D eigenvalue weighted by atomic mass is 32.2. The molecule has 0 fully saturated rings. The second-order valence-corrected chi connectivity index (χ2v) is 6.66. The van der Waals surface area contributed by atoms with Gasteiger partial charge in [0.1, 0.15) is 11.5 Å². The molecule has 1 heterocycles. The first-order chi connectivity index (χ1) is 10.0. The first-order valence-electron chi connectivity index (χ1n) is 6.27. The predicted octanol–water partition coefficient (Wildman–Crippen LogP) is 3.23. The van der Waals surface area contributed by atoms with Crippen LogP contribution in [0.2, 0.25) is 0 Å². The summed E-state index contributed by atoms with van der Waals surface area (Å²) in [5.41, 5.74) is 0.845. The Balaban J connectivity index is 1.88. The number of fused-ring (bicyclic) bond motifs is 1. The Hall–Kier alpha value is -2.40. The lowest BCUT2D eigenvalue weighted by Crippen LogP contribution is -1.96. The molecular weight excluding hydrogens is 286 g/mol. The number of pyridine rings is 1. The van der Waals surface area contributed by atoms with Crippen LogP contribution in [0.25, 0.3) is 10.9 Å². The molecule has 3 aromatic rings. The van der Waals surface area contributed by atoms with Crippen LogP contribution in [0, 0.1) is 6.20 Å². The summed E-state index contributed by atoms with van der Waals surface area (Å²) in [5, 5.41) is 0.957. The van der Waals surface area contributed by atoms with Gasteiger partial charge in [-0.15, -0.1) is 0 Å². The van der Waals surface area contributed by atoms with Crippen molar-refractivity contribution in [2.45, 2.75) is 4.90 Å². The topological polar surface area (TPSA) is 56.3 Å². The van der Waals surface area contributed by atoms with E-state index in [0.717, 1.165) is 10.9 Å². The molecule has 2 aromatic carbocycles. The molecule has 0 saturated carbocycles. The van der Waals surface area contributed by atoms with Gasteiger partial charge in [0.25, 0.3) is 0 Å². The Morgan fingerprint density at radius 2 is 1.71 bits per heavy atom. The first-order valence-corrected chi connectivity index (χ1v) is 8.16. The van der Waals surface area contributed by atoms with Gasteiger partial charge >= 0.3 is 0 Å². The highest BCUT2D eigenvalue weighted by Crippen LogP contribution is 2.25. The number of aromatic nitrogens is 1. The first kappa shape index (κ1) is 13.6. The number of ether oxygens (including phenoxy) is 1. The predicted molar refractivity (Wildman–Crippen MR) is 80.2 cm³/mol. The SMILES string of the molecule is CS(=O)(=O)c1ccc(Oc2ccc3n[c]ccc3c2)cc1. The van der Waals surface area contributed by atoms with Gasteiger partial charge in [0.15, 0.2) is 9.84 Å². The molecule has 0 aliphatic carbocycles. The molecule has 0 N–H and O–H groups in total. The van der Waals surface area contributed by atoms with Gasteiger partial charge in [0.2, 0.25) is 0 Å². The number of rotatable bonds is 3. The van der Waals surface area contributed by atoms with E-state index < -0.39 is 9.84 Å². The molecule has 105 valence electrons. The van der Waals surface area contributed by atoms with Gasteiger partial charge in [0, 0.05) is 11.6 Å². The van der Waals surface area contributed by atoms with Crippen LogP contribution in [-0.4, -0.2) is 19.7 Å². The Morgan fingerprint density at radius 1 is 1.00 bits per heavy atom. The lowest BCUT2D eigenvalue weighted by molar-refractivity contribution is 0.483. The van der Waals surface area contributed by atoms with Gasteiger partial charge in [-0.25, -0.2) is 13.4 Å². The van der Waals surface area contributed by atoms with Gasteiger partial charge in [-0.05, 0) is 48.5 Å². The lowest BCUT2D eigenvalue weighted by Gasteiger charge is -2.07. The molecule has 0 saturated heterocycles. The summed E-state index contributed by atoms with van der Waals surface area (Å²) < 4.78 is 28.5. The van der Waals surface area contributed by atoms with Crippen LogP contribution < -0.4 is 4.74 Å². The molecule has 0 unspecified atom stereocenters. The van der Waals surface area contributed by atoms with Crippen molar-refractivity contribution in [3.05, 3.63) is 60.8 Å². The summed E-state index contributed by atoms with van der Waals surface area (Å²) in [6, 6.07) is 15.5. The molecule has 3 rings (SSSR count). The van der Waals surface area contributed by atoms with Crippen molar-refractivity contribution in [2.75, 3.05) is 6.26 Å². The minimum atomic E-state index is -3.19. The summed E-state index contributed by atoms with van der Waals surface area (Å²) in [6.07, 6.45) is 3.95. The average Bonchev–Trinajstić information content (AvgIpc) is 2.47. The van der Waals surface area contributed by atoms with Crippen molar-refractivity contribution in [3.8, 4) is 11.5 Å². The van der Waals surface area contributed by atoms with E-state index >= 15 is 0 Å². The van der Waals surface area contributed by atoms with Crippen LogP contribution >= 0.6 is 0 Å². The van der Waals surface area contributed by atoms with Crippen molar-refractivity contribution in [1.29, 1.82) is 0 Å². The third-order valence-corrected chi connectivity index (χ3v) is 4.14. The van der Waals surface area contributed by atoms with Crippen LogP contribution in [0.15, 0.2) is 59.5 Å². The normalized spacial score (nSPS) is 11.5. The van der Waals surface area contributed by atoms with Gasteiger partial charge in [-0.3, -0.25) is 0 Å². The number of sulfone groups is 1. The Morgan fingerprint density at radius 3 is 2.43 bits per heavy atom. The molecular formula is C16H12NO3S. The molecule has 21 heavy (non-hydrogen) atoms. The third kappa shape index (κ3) is 3.03. The quantitative estimate of drug-likeness (QED) is 0.745. The summed E-state index contributed by atoms with van der Waals surface area (Å²) in [7, 11) is -3.19. The molecule has 0 atom stereocenters. The monoisotopic (exact) mass is 298 g/mol. The Bertz CT molecular complexity index is 887. The summed E-state index contributed by atoms with van der Waals surface area (Å²) in [6.45, 7) is 0. The highest BCUT2D eigenvalue weighted by molar-refractivity contribution is 7.90. The number of hydrogen-bond donors (Lipinski definition) is 0. The van der Waals surface area contributed by atoms with E-state index in [2.05, 4.69) is 11.2 Å². The van der Waals surface area contributed by atoms with Gasteiger partial charge < -0.3 is 4.74 Å². The van der Waals surface area contributed by atoms with Crippen LogP contribution in [0.4, 0.5) is 0 Å². The highest BCUT2D eigenvalue weighted by Gasteiger charge is 2.07. The van der Waals surface area contributed by atoms with E-state index in [-0.39, 0.29) is 4.90 Å². The molecule has 0 amide bonds. The van der Waals surface area contributed by atoms with E-state index in [1.54, 1.807) is 18.2 Å². The van der Waals surface area contributed by atoms with E-state index in [4.69, 9.17) is 4.74 Å². The van der Waals surface area contributed by atoms with Crippen molar-refractivity contribution in [1.82, 2.24) is 4.98 Å². The maximum atomic E-state index is 11.4. The van der Waals surface area contributed by atoms with Crippen molar-refractivity contribution in [2.24, 2.45) is 0 Å². The fraction of sp³-hybridized carbons (Fsp3) is 0.0625. The van der Waals surface area contributed by atoms with Crippen molar-refractivity contribution < 1.29 is 13.2 Å². The van der Waals surface area contributed by atoms with Crippen LogP contribution in [0.1, 0.15) is 0 Å². The van der Waals surface area contributed by atoms with Gasteiger partial charge in [-0.2, -0.15) is 0 Å². The molecule has 0 aliphatic rings. The fourth-order valence-corrected chi connectivity index (χ4v) is 2.59. The average molecular weight is 298 g/mol. The standard InChI is InChI=1S/C16H12NO3S/c1-21(18,19)15-7-4-13(5-8-15)20-14-6-9-16-12(11-14)3-2-10-17-16/h2-9,11H,1H3. The fourth-order valence-electron chi connectivity index (χ4n) is 1.96. The minimum Gasteiger partial charge on any atom is -0.457 e. The largest absolute Gasteiger partial charge is 0.457 e.